The van der Waals surface area contributed by atoms with Crippen LogP contribution in [-0.4, -0.2) is 12.5 Å². The van der Waals surface area contributed by atoms with Crippen LogP contribution in [0.2, 0.25) is 0 Å². The summed E-state index contributed by atoms with van der Waals surface area (Å²) in [4.78, 5) is 11.2. The van der Waals surface area contributed by atoms with Crippen LogP contribution >= 0.6 is 0 Å². The highest BCUT2D eigenvalue weighted by atomic mass is 16.5. The molecule has 1 aliphatic carbocycles. The van der Waals surface area contributed by atoms with Gasteiger partial charge in [0, 0.05) is 0 Å². The van der Waals surface area contributed by atoms with Crippen LogP contribution in [0.15, 0.2) is 12.1 Å². The maximum Gasteiger partial charge on any atom is 0.262 e. The van der Waals surface area contributed by atoms with Crippen molar-refractivity contribution in [2.75, 3.05) is 11.9 Å². The summed E-state index contributed by atoms with van der Waals surface area (Å²) in [6, 6.07) is 4.16. The van der Waals surface area contributed by atoms with Crippen molar-refractivity contribution >= 4 is 11.6 Å². The van der Waals surface area contributed by atoms with E-state index in [9.17, 15) is 4.79 Å². The number of carbonyl (C=O) groups excluding carboxylic acids is 1. The molecule has 0 aromatic heterocycles. The molecule has 1 N–H and O–H groups in total. The Morgan fingerprint density at radius 2 is 1.87 bits per heavy atom. The lowest BCUT2D eigenvalue weighted by atomic mass is 9.91. The van der Waals surface area contributed by atoms with Crippen molar-refractivity contribution in [3.63, 3.8) is 0 Å². The smallest absolute Gasteiger partial charge is 0.262 e. The first kappa shape index (κ1) is 8.77. The number of anilines is 1. The monoisotopic (exact) mass is 203 g/mol. The Hall–Kier alpha value is -1.51. The van der Waals surface area contributed by atoms with Crippen LogP contribution in [-0.2, 0) is 17.6 Å². The zero-order chi connectivity index (χ0) is 10.3. The van der Waals surface area contributed by atoms with Gasteiger partial charge < -0.3 is 10.1 Å². The van der Waals surface area contributed by atoms with Crippen molar-refractivity contribution in [3.05, 3.63) is 23.3 Å². The minimum absolute atomic E-state index is 0.0572. The second-order valence-corrected chi connectivity index (χ2v) is 4.16. The third-order valence-corrected chi connectivity index (χ3v) is 3.08. The second kappa shape index (κ2) is 3.26. The normalized spacial score (nSPS) is 18.5. The maximum absolute atomic E-state index is 11.2. The van der Waals surface area contributed by atoms with E-state index in [4.69, 9.17) is 4.74 Å². The molecule has 0 saturated carbocycles. The molecule has 3 heteroatoms. The molecule has 1 aliphatic heterocycles. The van der Waals surface area contributed by atoms with Crippen LogP contribution in [0.1, 0.15) is 24.0 Å². The Morgan fingerprint density at radius 1 is 1.13 bits per heavy atom. The topological polar surface area (TPSA) is 38.3 Å². The molecule has 78 valence electrons. The third kappa shape index (κ3) is 1.48. The van der Waals surface area contributed by atoms with Gasteiger partial charge in [-0.1, -0.05) is 0 Å². The molecule has 1 heterocycles. The summed E-state index contributed by atoms with van der Waals surface area (Å²) in [7, 11) is 0. The summed E-state index contributed by atoms with van der Waals surface area (Å²) in [5, 5.41) is 2.85. The van der Waals surface area contributed by atoms with Gasteiger partial charge in [0.15, 0.2) is 6.61 Å². The van der Waals surface area contributed by atoms with Crippen molar-refractivity contribution in [3.8, 4) is 5.75 Å². The average Bonchev–Trinajstić information content (AvgIpc) is 2.26. The number of hydrogen-bond acceptors (Lipinski definition) is 2. The molecule has 0 unspecified atom stereocenters. The second-order valence-electron chi connectivity index (χ2n) is 4.16. The van der Waals surface area contributed by atoms with Crippen LogP contribution < -0.4 is 10.1 Å². The summed E-state index contributed by atoms with van der Waals surface area (Å²) in [5.74, 6) is 0.772. The molecule has 3 nitrogen and oxygen atoms in total. The highest BCUT2D eigenvalue weighted by Crippen LogP contribution is 2.34. The number of nitrogens with one attached hydrogen (secondary N) is 1. The molecule has 1 aromatic rings. The minimum atomic E-state index is -0.0572. The largest absolute Gasteiger partial charge is 0.482 e. The Kier molecular flexibility index (Phi) is 1.91. The van der Waals surface area contributed by atoms with Crippen LogP contribution in [0.4, 0.5) is 5.69 Å². The molecule has 1 amide bonds. The number of hydrogen-bond donors (Lipinski definition) is 1. The molecule has 1 aromatic carbocycles. The number of amides is 1. The Bertz CT molecular complexity index is 426. The third-order valence-electron chi connectivity index (χ3n) is 3.08. The van der Waals surface area contributed by atoms with Crippen LogP contribution in [0.25, 0.3) is 0 Å². The van der Waals surface area contributed by atoms with Gasteiger partial charge in [0.1, 0.15) is 5.75 Å². The number of aryl methyl sites for hydroxylation is 2. The first-order valence-corrected chi connectivity index (χ1v) is 5.41. The number of fused-ring (bicyclic) bond motifs is 2. The van der Waals surface area contributed by atoms with Crippen molar-refractivity contribution in [2.45, 2.75) is 25.7 Å². The molecule has 15 heavy (non-hydrogen) atoms. The van der Waals surface area contributed by atoms with Crippen molar-refractivity contribution in [2.24, 2.45) is 0 Å². The zero-order valence-corrected chi connectivity index (χ0v) is 8.51. The van der Waals surface area contributed by atoms with Crippen LogP contribution in [0, 0.1) is 0 Å². The molecule has 2 aliphatic rings. The lowest BCUT2D eigenvalue weighted by molar-refractivity contribution is -0.118. The first-order valence-electron chi connectivity index (χ1n) is 5.41. The summed E-state index contributed by atoms with van der Waals surface area (Å²) in [6.45, 7) is 0.145. The average molecular weight is 203 g/mol. The zero-order valence-electron chi connectivity index (χ0n) is 8.51. The highest BCUT2D eigenvalue weighted by Gasteiger charge is 2.19. The molecule has 0 fully saturated rings. The molecule has 0 saturated heterocycles. The predicted molar refractivity (Wildman–Crippen MR) is 57.2 cm³/mol. The van der Waals surface area contributed by atoms with Gasteiger partial charge in [-0.25, -0.2) is 0 Å². The lowest BCUT2D eigenvalue weighted by Gasteiger charge is -2.23. The fourth-order valence-corrected chi connectivity index (χ4v) is 2.31. The van der Waals surface area contributed by atoms with Crippen LogP contribution in [0.3, 0.4) is 0 Å². The predicted octanol–water partition coefficient (Wildman–Crippen LogP) is 1.90. The van der Waals surface area contributed by atoms with Gasteiger partial charge in [-0.3, -0.25) is 4.79 Å². The highest BCUT2D eigenvalue weighted by molar-refractivity contribution is 5.95. The first-order chi connectivity index (χ1) is 7.33. The van der Waals surface area contributed by atoms with E-state index in [1.807, 2.05) is 0 Å². The van der Waals surface area contributed by atoms with E-state index in [2.05, 4.69) is 17.4 Å². The van der Waals surface area contributed by atoms with Gasteiger partial charge in [0.05, 0.1) is 5.69 Å². The summed E-state index contributed by atoms with van der Waals surface area (Å²) in [5.41, 5.74) is 3.59. The van der Waals surface area contributed by atoms with Crippen LogP contribution in [0.5, 0.6) is 5.75 Å². The molecule has 0 bridgehead atoms. The summed E-state index contributed by atoms with van der Waals surface area (Å²) in [6.07, 6.45) is 4.77. The maximum atomic E-state index is 11.2. The van der Waals surface area contributed by atoms with E-state index in [1.54, 1.807) is 0 Å². The van der Waals surface area contributed by atoms with Gasteiger partial charge in [0.2, 0.25) is 0 Å². The molecule has 0 radical (unpaired) electrons. The quantitative estimate of drug-likeness (QED) is 0.699. The number of rotatable bonds is 0. The molecule has 0 spiro atoms. The fraction of sp³-hybridized carbons (Fsp3) is 0.417. The van der Waals surface area contributed by atoms with E-state index >= 15 is 0 Å². The standard InChI is InChI=1S/C12H13NO2/c14-12-7-15-11-6-9-4-2-1-3-8(9)5-10(11)13-12/h5-6H,1-4,7H2,(H,13,14). The molecular formula is C12H13NO2. The molecule has 3 rings (SSSR count). The minimum Gasteiger partial charge on any atom is -0.482 e. The van der Waals surface area contributed by atoms with E-state index in [0.29, 0.717) is 0 Å². The van der Waals surface area contributed by atoms with E-state index < -0.39 is 0 Å². The summed E-state index contributed by atoms with van der Waals surface area (Å²) < 4.78 is 5.39. The van der Waals surface area contributed by atoms with E-state index in [1.165, 1.54) is 24.0 Å². The molecule has 0 atom stereocenters. The molecular weight excluding hydrogens is 190 g/mol. The van der Waals surface area contributed by atoms with Crippen molar-refractivity contribution in [1.82, 2.24) is 0 Å². The number of ether oxygens (including phenoxy) is 1. The van der Waals surface area contributed by atoms with Gasteiger partial charge >= 0.3 is 0 Å². The Morgan fingerprint density at radius 3 is 2.67 bits per heavy atom. The Labute approximate surface area is 88.4 Å². The van der Waals surface area contributed by atoms with Crippen molar-refractivity contribution in [1.29, 1.82) is 0 Å². The SMILES string of the molecule is O=C1COc2cc3c(cc2N1)CCCC3. The van der Waals surface area contributed by atoms with E-state index in [0.717, 1.165) is 24.3 Å². The van der Waals surface area contributed by atoms with Gasteiger partial charge in [-0.15, -0.1) is 0 Å². The Balaban J connectivity index is 2.06. The van der Waals surface area contributed by atoms with E-state index in [-0.39, 0.29) is 12.5 Å². The van der Waals surface area contributed by atoms with Gasteiger partial charge in [0.25, 0.3) is 5.91 Å². The summed E-state index contributed by atoms with van der Waals surface area (Å²) >= 11 is 0. The van der Waals surface area contributed by atoms with Gasteiger partial charge in [-0.2, -0.15) is 0 Å². The van der Waals surface area contributed by atoms with Gasteiger partial charge in [-0.05, 0) is 48.9 Å². The lowest BCUT2D eigenvalue weighted by Crippen LogP contribution is -2.25. The number of benzene rings is 1. The van der Waals surface area contributed by atoms with Crippen molar-refractivity contribution < 1.29 is 9.53 Å². The number of carbonyl (C=O) groups is 1. The fourth-order valence-electron chi connectivity index (χ4n) is 2.31.